The molecule has 0 unspecified atom stereocenters. The van der Waals surface area contributed by atoms with Crippen LogP contribution >= 0.6 is 11.8 Å². The molecule has 0 atom stereocenters. The highest BCUT2D eigenvalue weighted by molar-refractivity contribution is 7.99. The number of hydrogen-bond acceptors (Lipinski definition) is 5. The summed E-state index contributed by atoms with van der Waals surface area (Å²) in [5.41, 5.74) is 9.51. The zero-order valence-electron chi connectivity index (χ0n) is 10.9. The van der Waals surface area contributed by atoms with Crippen molar-refractivity contribution in [2.45, 2.75) is 17.9 Å². The van der Waals surface area contributed by atoms with Crippen molar-refractivity contribution < 1.29 is 0 Å². The van der Waals surface area contributed by atoms with E-state index in [-0.39, 0.29) is 0 Å². The number of nitrogens with two attached hydrogens (primary N) is 1. The average Bonchev–Trinajstić information content (AvgIpc) is 2.93. The van der Waals surface area contributed by atoms with E-state index in [1.54, 1.807) is 24.4 Å². The molecule has 0 aliphatic carbocycles. The lowest BCUT2D eigenvalue weighted by molar-refractivity contribution is 0.931. The SMILES string of the molecule is Nc1cccc(CCCSc2ncnc3nc[nH]c23)c1. The maximum Gasteiger partial charge on any atom is 0.181 e. The van der Waals surface area contributed by atoms with Crippen molar-refractivity contribution in [2.75, 3.05) is 11.5 Å². The van der Waals surface area contributed by atoms with Crippen LogP contribution in [0.1, 0.15) is 12.0 Å². The first-order chi connectivity index (χ1) is 9.83. The Hall–Kier alpha value is -2.08. The number of aryl methyl sites for hydroxylation is 1. The van der Waals surface area contributed by atoms with Gasteiger partial charge in [-0.15, -0.1) is 11.8 Å². The van der Waals surface area contributed by atoms with E-state index >= 15 is 0 Å². The van der Waals surface area contributed by atoms with E-state index in [0.29, 0.717) is 0 Å². The Labute approximate surface area is 121 Å². The summed E-state index contributed by atoms with van der Waals surface area (Å²) in [5.74, 6) is 1.000. The fraction of sp³-hybridized carbons (Fsp3) is 0.214. The number of nitrogen functional groups attached to an aromatic ring is 1. The summed E-state index contributed by atoms with van der Waals surface area (Å²) in [4.78, 5) is 15.6. The standard InChI is InChI=1S/C14H15N5S/c15-11-5-1-3-10(7-11)4-2-6-20-14-12-13(17-8-16-12)18-9-19-14/h1,3,5,7-9H,2,4,6,15H2,(H,16,17,18,19). The molecule has 5 nitrogen and oxygen atoms in total. The Morgan fingerprint density at radius 2 is 2.15 bits per heavy atom. The number of rotatable bonds is 5. The Morgan fingerprint density at radius 3 is 3.05 bits per heavy atom. The third-order valence-corrected chi connectivity index (χ3v) is 4.06. The van der Waals surface area contributed by atoms with Crippen LogP contribution in [0, 0.1) is 0 Å². The van der Waals surface area contributed by atoms with Gasteiger partial charge >= 0.3 is 0 Å². The molecular weight excluding hydrogens is 270 g/mol. The van der Waals surface area contributed by atoms with Crippen LogP contribution in [0.2, 0.25) is 0 Å². The molecule has 102 valence electrons. The molecule has 0 radical (unpaired) electrons. The van der Waals surface area contributed by atoms with Gasteiger partial charge in [0.15, 0.2) is 5.65 Å². The van der Waals surface area contributed by atoms with Crippen molar-refractivity contribution in [2.24, 2.45) is 0 Å². The highest BCUT2D eigenvalue weighted by Crippen LogP contribution is 2.23. The largest absolute Gasteiger partial charge is 0.399 e. The zero-order chi connectivity index (χ0) is 13.8. The minimum atomic E-state index is 0.721. The topological polar surface area (TPSA) is 80.5 Å². The van der Waals surface area contributed by atoms with Crippen LogP contribution in [-0.4, -0.2) is 25.7 Å². The predicted molar refractivity (Wildman–Crippen MR) is 81.6 cm³/mol. The molecule has 0 fully saturated rings. The minimum Gasteiger partial charge on any atom is -0.399 e. The lowest BCUT2D eigenvalue weighted by Gasteiger charge is -2.03. The minimum absolute atomic E-state index is 0.721. The molecule has 0 aliphatic heterocycles. The maximum atomic E-state index is 5.77. The molecule has 0 bridgehead atoms. The number of thioether (sulfide) groups is 1. The highest BCUT2D eigenvalue weighted by Gasteiger charge is 2.05. The molecule has 2 heterocycles. The zero-order valence-corrected chi connectivity index (χ0v) is 11.7. The summed E-state index contributed by atoms with van der Waals surface area (Å²) in [6.07, 6.45) is 5.31. The summed E-state index contributed by atoms with van der Waals surface area (Å²) in [5, 5.41) is 0.958. The van der Waals surface area contributed by atoms with Gasteiger partial charge < -0.3 is 10.7 Å². The summed E-state index contributed by atoms with van der Waals surface area (Å²) < 4.78 is 0. The third kappa shape index (κ3) is 2.91. The number of aromatic nitrogens is 4. The molecule has 0 aliphatic rings. The molecule has 0 saturated heterocycles. The first-order valence-corrected chi connectivity index (χ1v) is 7.43. The molecule has 6 heteroatoms. The highest BCUT2D eigenvalue weighted by atomic mass is 32.2. The summed E-state index contributed by atoms with van der Waals surface area (Å²) in [7, 11) is 0. The van der Waals surface area contributed by atoms with Crippen LogP contribution < -0.4 is 5.73 Å². The number of fused-ring (bicyclic) bond motifs is 1. The number of aromatic amines is 1. The van der Waals surface area contributed by atoms with E-state index in [4.69, 9.17) is 5.73 Å². The van der Waals surface area contributed by atoms with Gasteiger partial charge in [-0.25, -0.2) is 15.0 Å². The van der Waals surface area contributed by atoms with Gasteiger partial charge in [0.1, 0.15) is 16.9 Å². The van der Waals surface area contributed by atoms with Crippen molar-refractivity contribution in [3.8, 4) is 0 Å². The Balaban J connectivity index is 1.56. The first-order valence-electron chi connectivity index (χ1n) is 6.44. The van der Waals surface area contributed by atoms with Crippen molar-refractivity contribution in [1.82, 2.24) is 19.9 Å². The summed E-state index contributed by atoms with van der Waals surface area (Å²) >= 11 is 1.72. The van der Waals surface area contributed by atoms with E-state index in [9.17, 15) is 0 Å². The molecule has 3 aromatic rings. The lowest BCUT2D eigenvalue weighted by Crippen LogP contribution is -1.92. The molecule has 1 aromatic carbocycles. The Kier molecular flexibility index (Phi) is 3.83. The fourth-order valence-corrected chi connectivity index (χ4v) is 2.94. The number of anilines is 1. The number of hydrogen-bond donors (Lipinski definition) is 2. The van der Waals surface area contributed by atoms with E-state index in [2.05, 4.69) is 26.0 Å². The normalized spacial score (nSPS) is 11.0. The molecule has 0 amide bonds. The first kappa shape index (κ1) is 12.9. The van der Waals surface area contributed by atoms with Gasteiger partial charge in [0.25, 0.3) is 0 Å². The molecule has 0 saturated carbocycles. The smallest absolute Gasteiger partial charge is 0.181 e. The van der Waals surface area contributed by atoms with Crippen LogP contribution in [-0.2, 0) is 6.42 Å². The molecule has 3 N–H and O–H groups in total. The molecule has 20 heavy (non-hydrogen) atoms. The van der Waals surface area contributed by atoms with Crippen LogP contribution in [0.3, 0.4) is 0 Å². The second-order valence-corrected chi connectivity index (χ2v) is 5.56. The quantitative estimate of drug-likeness (QED) is 0.326. The molecular formula is C14H15N5S. The molecule has 3 rings (SSSR count). The maximum absolute atomic E-state index is 5.77. The fourth-order valence-electron chi connectivity index (χ4n) is 2.05. The van der Waals surface area contributed by atoms with E-state index in [1.165, 1.54) is 5.56 Å². The number of H-pyrrole nitrogens is 1. The van der Waals surface area contributed by atoms with Crippen LogP contribution in [0.25, 0.3) is 11.2 Å². The molecule has 2 aromatic heterocycles. The predicted octanol–water partition coefficient (Wildman–Crippen LogP) is 2.66. The van der Waals surface area contributed by atoms with Gasteiger partial charge in [0, 0.05) is 5.69 Å². The van der Waals surface area contributed by atoms with E-state index in [0.717, 1.165) is 40.5 Å². The third-order valence-electron chi connectivity index (χ3n) is 2.99. The van der Waals surface area contributed by atoms with Gasteiger partial charge in [0.05, 0.1) is 6.33 Å². The van der Waals surface area contributed by atoms with Crippen LogP contribution in [0.5, 0.6) is 0 Å². The second-order valence-electron chi connectivity index (χ2n) is 4.48. The van der Waals surface area contributed by atoms with Crippen molar-refractivity contribution in [1.29, 1.82) is 0 Å². The van der Waals surface area contributed by atoms with Crippen LogP contribution in [0.4, 0.5) is 5.69 Å². The Bertz CT molecular complexity index is 709. The van der Waals surface area contributed by atoms with Crippen molar-refractivity contribution in [3.05, 3.63) is 42.5 Å². The second kappa shape index (κ2) is 5.92. The Morgan fingerprint density at radius 1 is 1.20 bits per heavy atom. The summed E-state index contributed by atoms with van der Waals surface area (Å²) in [6, 6.07) is 8.05. The van der Waals surface area contributed by atoms with Gasteiger partial charge in [-0.05, 0) is 36.3 Å². The monoisotopic (exact) mass is 285 g/mol. The van der Waals surface area contributed by atoms with E-state index in [1.807, 2.05) is 18.2 Å². The van der Waals surface area contributed by atoms with Crippen molar-refractivity contribution in [3.63, 3.8) is 0 Å². The van der Waals surface area contributed by atoms with Gasteiger partial charge in [-0.3, -0.25) is 0 Å². The number of nitrogens with one attached hydrogen (secondary N) is 1. The van der Waals surface area contributed by atoms with E-state index < -0.39 is 0 Å². The van der Waals surface area contributed by atoms with Gasteiger partial charge in [-0.1, -0.05) is 12.1 Å². The van der Waals surface area contributed by atoms with Crippen LogP contribution in [0.15, 0.2) is 41.9 Å². The number of nitrogens with zero attached hydrogens (tertiary/aromatic N) is 3. The number of imidazole rings is 1. The van der Waals surface area contributed by atoms with Gasteiger partial charge in [0.2, 0.25) is 0 Å². The van der Waals surface area contributed by atoms with Crippen molar-refractivity contribution >= 4 is 28.6 Å². The lowest BCUT2D eigenvalue weighted by atomic mass is 10.1. The average molecular weight is 285 g/mol. The molecule has 0 spiro atoms. The van der Waals surface area contributed by atoms with Gasteiger partial charge in [-0.2, -0.15) is 0 Å². The summed E-state index contributed by atoms with van der Waals surface area (Å²) in [6.45, 7) is 0. The number of benzene rings is 1.